The van der Waals surface area contributed by atoms with Crippen molar-refractivity contribution < 1.29 is 4.39 Å². The van der Waals surface area contributed by atoms with Crippen molar-refractivity contribution in [2.24, 2.45) is 5.92 Å². The number of allylic oxidation sites excluding steroid dienone is 4. The fourth-order valence-corrected chi connectivity index (χ4v) is 5.00. The Kier molecular flexibility index (Phi) is 15.4. The maximum atomic E-state index is 14.9. The third-order valence-electron chi connectivity index (χ3n) is 7.26. The zero-order valence-corrected chi connectivity index (χ0v) is 25.3. The summed E-state index contributed by atoms with van der Waals surface area (Å²) in [7, 11) is 0. The number of unbranched alkanes of at least 4 members (excludes halogenated alkanes) is 1. The molecule has 0 saturated heterocycles. The maximum absolute atomic E-state index is 14.9. The SMILES string of the molecule is C/C=c1/nc(-c2ccc(/C(C)=C/C/C=C(\C)C3CCCCC3)cc2F)[nH]/c1=C/CS.CCCCNCCC. The van der Waals surface area contributed by atoms with Gasteiger partial charge in [0.15, 0.2) is 0 Å². The number of nitrogens with zero attached hydrogens (tertiary/aromatic N) is 1. The van der Waals surface area contributed by atoms with Gasteiger partial charge in [-0.3, -0.25) is 0 Å². The molecule has 1 aromatic carbocycles. The van der Waals surface area contributed by atoms with E-state index in [4.69, 9.17) is 0 Å². The molecule has 0 atom stereocenters. The fourth-order valence-electron chi connectivity index (χ4n) is 4.81. The van der Waals surface area contributed by atoms with E-state index >= 15 is 0 Å². The van der Waals surface area contributed by atoms with Crippen molar-refractivity contribution in [3.05, 3.63) is 58.0 Å². The van der Waals surface area contributed by atoms with Crippen molar-refractivity contribution in [3.8, 4) is 11.4 Å². The Morgan fingerprint density at radius 1 is 1.11 bits per heavy atom. The van der Waals surface area contributed by atoms with Crippen molar-refractivity contribution >= 4 is 30.4 Å². The molecule has 210 valence electrons. The molecule has 1 fully saturated rings. The Bertz CT molecular complexity index is 1130. The number of halogens is 1. The second-order valence-corrected chi connectivity index (χ2v) is 10.6. The molecule has 3 rings (SSSR count). The fraction of sp³-hybridized carbons (Fsp3) is 0.545. The molecule has 1 heterocycles. The summed E-state index contributed by atoms with van der Waals surface area (Å²) < 4.78 is 14.9. The molecule has 5 heteroatoms. The van der Waals surface area contributed by atoms with Gasteiger partial charge in [0.05, 0.1) is 16.3 Å². The highest BCUT2D eigenvalue weighted by atomic mass is 32.1. The van der Waals surface area contributed by atoms with Crippen LogP contribution < -0.4 is 16.0 Å². The second kappa shape index (κ2) is 18.2. The monoisotopic (exact) mass is 539 g/mol. The summed E-state index contributed by atoms with van der Waals surface area (Å²) in [5.41, 5.74) is 4.01. The minimum absolute atomic E-state index is 0.261. The third kappa shape index (κ3) is 10.6. The number of imidazole rings is 1. The van der Waals surface area contributed by atoms with Crippen LogP contribution in [0.5, 0.6) is 0 Å². The van der Waals surface area contributed by atoms with Gasteiger partial charge in [0.25, 0.3) is 0 Å². The van der Waals surface area contributed by atoms with Crippen LogP contribution in [0.3, 0.4) is 0 Å². The first kappa shape index (κ1) is 32.1. The first-order valence-electron chi connectivity index (χ1n) is 14.6. The molecule has 38 heavy (non-hydrogen) atoms. The molecule has 1 aliphatic carbocycles. The van der Waals surface area contributed by atoms with Gasteiger partial charge in [0.1, 0.15) is 11.6 Å². The largest absolute Gasteiger partial charge is 0.338 e. The van der Waals surface area contributed by atoms with Crippen molar-refractivity contribution in [3.63, 3.8) is 0 Å². The molecule has 0 radical (unpaired) electrons. The molecule has 0 aliphatic heterocycles. The zero-order valence-electron chi connectivity index (χ0n) is 24.4. The summed E-state index contributed by atoms with van der Waals surface area (Å²) in [6, 6.07) is 5.40. The van der Waals surface area contributed by atoms with Crippen LogP contribution in [-0.4, -0.2) is 28.8 Å². The molecule has 0 bridgehead atoms. The van der Waals surface area contributed by atoms with Crippen LogP contribution in [0.15, 0.2) is 35.9 Å². The predicted molar refractivity (Wildman–Crippen MR) is 168 cm³/mol. The lowest BCUT2D eigenvalue weighted by molar-refractivity contribution is 0.402. The van der Waals surface area contributed by atoms with Crippen molar-refractivity contribution in [2.75, 3.05) is 18.8 Å². The van der Waals surface area contributed by atoms with Gasteiger partial charge in [-0.25, -0.2) is 9.37 Å². The van der Waals surface area contributed by atoms with Crippen LogP contribution >= 0.6 is 12.6 Å². The molecule has 1 aromatic heterocycles. The predicted octanol–water partition coefficient (Wildman–Crippen LogP) is 7.83. The highest BCUT2D eigenvalue weighted by Crippen LogP contribution is 2.30. The van der Waals surface area contributed by atoms with Gasteiger partial charge in [-0.05, 0) is 101 Å². The van der Waals surface area contributed by atoms with Crippen molar-refractivity contribution in [1.82, 2.24) is 15.3 Å². The number of H-pyrrole nitrogens is 1. The molecule has 0 amide bonds. The van der Waals surface area contributed by atoms with Crippen LogP contribution in [0.2, 0.25) is 0 Å². The molecule has 1 aliphatic rings. The van der Waals surface area contributed by atoms with E-state index < -0.39 is 0 Å². The number of aromatic amines is 1. The number of thiol groups is 1. The first-order chi connectivity index (χ1) is 18.4. The van der Waals surface area contributed by atoms with Crippen LogP contribution in [0, 0.1) is 11.7 Å². The van der Waals surface area contributed by atoms with E-state index in [9.17, 15) is 4.39 Å². The lowest BCUT2D eigenvalue weighted by atomic mass is 9.84. The minimum Gasteiger partial charge on any atom is -0.338 e. The van der Waals surface area contributed by atoms with Gasteiger partial charge >= 0.3 is 0 Å². The number of rotatable bonds is 11. The van der Waals surface area contributed by atoms with Crippen molar-refractivity contribution in [2.45, 2.75) is 92.4 Å². The lowest BCUT2D eigenvalue weighted by Gasteiger charge is -2.22. The van der Waals surface area contributed by atoms with Crippen LogP contribution in [0.25, 0.3) is 29.1 Å². The molecular weight excluding hydrogens is 489 g/mol. The van der Waals surface area contributed by atoms with E-state index in [-0.39, 0.29) is 5.82 Å². The summed E-state index contributed by atoms with van der Waals surface area (Å²) in [5.74, 6) is 1.64. The Hall–Kier alpha value is -2.11. The molecule has 0 spiro atoms. The topological polar surface area (TPSA) is 40.7 Å². The number of hydrogen-bond donors (Lipinski definition) is 3. The molecule has 1 saturated carbocycles. The number of benzene rings is 1. The van der Waals surface area contributed by atoms with Gasteiger partial charge in [0, 0.05) is 5.75 Å². The third-order valence-corrected chi connectivity index (χ3v) is 7.44. The summed E-state index contributed by atoms with van der Waals surface area (Å²) in [4.78, 5) is 7.74. The molecule has 2 N–H and O–H groups in total. The van der Waals surface area contributed by atoms with Gasteiger partial charge < -0.3 is 10.3 Å². The van der Waals surface area contributed by atoms with Gasteiger partial charge in [-0.1, -0.05) is 69.4 Å². The van der Waals surface area contributed by atoms with Crippen LogP contribution in [0.1, 0.15) is 98.0 Å². The minimum atomic E-state index is -0.261. The zero-order chi connectivity index (χ0) is 27.8. The standard InChI is InChI=1S/C26H33FN2S.C7H17N/c1-4-24-25(15-16-30)29-26(28-24)22-14-13-21(17-23(22)27)19(3)10-8-9-18(2)20-11-6-5-7-12-20;1-3-5-7-8-6-4-2/h4,9-10,13-15,17,20,30H,5-8,11-12,16H2,1-3H3,(H,28,29);8H,3-7H2,1-2H3/b18-9+,19-10+,24-4+,25-15+;. The summed E-state index contributed by atoms with van der Waals surface area (Å²) in [5, 5.41) is 5.03. The highest BCUT2D eigenvalue weighted by Gasteiger charge is 2.14. The normalized spacial score (nSPS) is 16.1. The lowest BCUT2D eigenvalue weighted by Crippen LogP contribution is -2.23. The van der Waals surface area contributed by atoms with E-state index in [0.717, 1.165) is 34.2 Å². The summed E-state index contributed by atoms with van der Waals surface area (Å²) >= 11 is 4.24. The van der Waals surface area contributed by atoms with E-state index in [1.54, 1.807) is 6.07 Å². The molecule has 3 nitrogen and oxygen atoms in total. The van der Waals surface area contributed by atoms with E-state index in [1.165, 1.54) is 70.0 Å². The Morgan fingerprint density at radius 2 is 1.87 bits per heavy atom. The van der Waals surface area contributed by atoms with E-state index in [1.807, 2.05) is 31.2 Å². The molecular formula is C33H50FN3S. The van der Waals surface area contributed by atoms with E-state index in [2.05, 4.69) is 67.8 Å². The summed E-state index contributed by atoms with van der Waals surface area (Å²) in [6.45, 7) is 13.0. The Balaban J connectivity index is 0.000000550. The smallest absolute Gasteiger partial charge is 0.141 e. The van der Waals surface area contributed by atoms with Gasteiger partial charge in [-0.2, -0.15) is 12.6 Å². The second-order valence-electron chi connectivity index (χ2n) is 10.3. The number of nitrogens with one attached hydrogen (secondary N) is 2. The van der Waals surface area contributed by atoms with Crippen LogP contribution in [-0.2, 0) is 0 Å². The maximum Gasteiger partial charge on any atom is 0.141 e. The highest BCUT2D eigenvalue weighted by molar-refractivity contribution is 7.80. The molecule has 0 unspecified atom stereocenters. The Labute approximate surface area is 236 Å². The molecule has 2 aromatic rings. The van der Waals surface area contributed by atoms with Crippen LogP contribution in [0.4, 0.5) is 4.39 Å². The summed E-state index contributed by atoms with van der Waals surface area (Å²) in [6.07, 6.45) is 19.9. The average molecular weight is 540 g/mol. The quantitative estimate of drug-likeness (QED) is 0.155. The van der Waals surface area contributed by atoms with Gasteiger partial charge in [0.2, 0.25) is 0 Å². The van der Waals surface area contributed by atoms with Crippen molar-refractivity contribution in [1.29, 1.82) is 0 Å². The average Bonchev–Trinajstić information content (AvgIpc) is 3.34. The van der Waals surface area contributed by atoms with Gasteiger partial charge in [-0.15, -0.1) is 0 Å². The van der Waals surface area contributed by atoms with E-state index in [0.29, 0.717) is 17.1 Å². The number of aromatic nitrogens is 2. The first-order valence-corrected chi connectivity index (χ1v) is 15.3. The number of hydrogen-bond acceptors (Lipinski definition) is 3. The Morgan fingerprint density at radius 3 is 2.50 bits per heavy atom.